The first kappa shape index (κ1) is 19.6. The van der Waals surface area contributed by atoms with Crippen molar-refractivity contribution in [3.05, 3.63) is 35.9 Å². The average Bonchev–Trinajstić information content (AvgIpc) is 2.52. The number of hydrogen-bond donors (Lipinski definition) is 1. The molecule has 0 heterocycles. The van der Waals surface area contributed by atoms with Crippen LogP contribution in [0.25, 0.3) is 0 Å². The quantitative estimate of drug-likeness (QED) is 0.504. The van der Waals surface area contributed by atoms with Crippen LogP contribution in [0.15, 0.2) is 30.3 Å². The molecule has 130 valence electrons. The van der Waals surface area contributed by atoms with Gasteiger partial charge in [-0.15, -0.1) is 0 Å². The monoisotopic (exact) mass is 345 g/mol. The molecule has 2 N–H and O–H groups in total. The Morgan fingerprint density at radius 2 is 1.70 bits per heavy atom. The van der Waals surface area contributed by atoms with Gasteiger partial charge < -0.3 is 15.2 Å². The van der Waals surface area contributed by atoms with Crippen LogP contribution < -0.4 is 5.73 Å². The normalized spacial score (nSPS) is 13.7. The fourth-order valence-electron chi connectivity index (χ4n) is 2.06. The largest absolute Gasteiger partial charge is 0.365 e. The molecule has 7 nitrogen and oxygen atoms in total. The van der Waals surface area contributed by atoms with Gasteiger partial charge in [0.25, 0.3) is 21.8 Å². The lowest BCUT2D eigenvalue weighted by Gasteiger charge is -2.34. The molecule has 0 aliphatic rings. The van der Waals surface area contributed by atoms with Crippen LogP contribution >= 0.6 is 0 Å². The molecule has 1 aromatic carbocycles. The smallest absolute Gasteiger partial charge is 0.279 e. The lowest BCUT2D eigenvalue weighted by atomic mass is 10.2. The number of nitrogens with two attached hydrogens (primary N) is 1. The zero-order valence-corrected chi connectivity index (χ0v) is 14.3. The van der Waals surface area contributed by atoms with Gasteiger partial charge in [-0.1, -0.05) is 30.3 Å². The van der Waals surface area contributed by atoms with Crippen LogP contribution in [0.5, 0.6) is 0 Å². The highest BCUT2D eigenvalue weighted by Gasteiger charge is 2.51. The minimum atomic E-state index is -4.16. The Bertz CT molecular complexity index is 596. The zero-order chi connectivity index (χ0) is 17.5. The van der Waals surface area contributed by atoms with E-state index in [0.29, 0.717) is 5.56 Å². The molecule has 1 amide bonds. The van der Waals surface area contributed by atoms with Gasteiger partial charge in [0.05, 0.1) is 6.61 Å². The number of hydrogen-bond acceptors (Lipinski definition) is 6. The third-order valence-electron chi connectivity index (χ3n) is 3.26. The third kappa shape index (κ3) is 4.74. The van der Waals surface area contributed by atoms with Gasteiger partial charge in [0.2, 0.25) is 0 Å². The molecular weight excluding hydrogens is 322 g/mol. The maximum atomic E-state index is 12.4. The Labute approximate surface area is 136 Å². The molecule has 1 rings (SSSR count). The summed E-state index contributed by atoms with van der Waals surface area (Å²) in [6, 6.07) is 8.80. The van der Waals surface area contributed by atoms with E-state index in [-0.39, 0.29) is 19.8 Å². The Morgan fingerprint density at radius 1 is 1.17 bits per heavy atom. The van der Waals surface area contributed by atoms with E-state index in [1.807, 2.05) is 6.07 Å². The second-order valence-electron chi connectivity index (χ2n) is 4.78. The van der Waals surface area contributed by atoms with E-state index in [2.05, 4.69) is 0 Å². The molecule has 0 saturated carbocycles. The number of ether oxygens (including phenoxy) is 2. The van der Waals surface area contributed by atoms with Gasteiger partial charge in [0, 0.05) is 13.2 Å². The first-order chi connectivity index (χ1) is 10.8. The number of amides is 1. The van der Waals surface area contributed by atoms with Crippen molar-refractivity contribution in [2.24, 2.45) is 5.73 Å². The molecule has 0 radical (unpaired) electrons. The Hall–Kier alpha value is -1.48. The summed E-state index contributed by atoms with van der Waals surface area (Å²) in [6.07, 6.45) is 0. The third-order valence-corrected chi connectivity index (χ3v) is 4.88. The molecular formula is C15H23NO6S. The number of carbonyl (C=O) groups excluding carboxylic acids is 1. The topological polar surface area (TPSA) is 105 Å². The van der Waals surface area contributed by atoms with E-state index in [1.54, 1.807) is 38.1 Å². The van der Waals surface area contributed by atoms with Gasteiger partial charge in [-0.3, -0.25) is 8.98 Å². The number of primary amides is 1. The van der Waals surface area contributed by atoms with Crippen LogP contribution in [0.1, 0.15) is 26.3 Å². The van der Waals surface area contributed by atoms with E-state index < -0.39 is 27.1 Å². The van der Waals surface area contributed by atoms with Gasteiger partial charge in [-0.05, 0) is 26.3 Å². The maximum Gasteiger partial charge on any atom is 0.279 e. The van der Waals surface area contributed by atoms with E-state index >= 15 is 0 Å². The van der Waals surface area contributed by atoms with E-state index in [9.17, 15) is 13.2 Å². The van der Waals surface area contributed by atoms with Crippen LogP contribution in [0.4, 0.5) is 0 Å². The summed E-state index contributed by atoms with van der Waals surface area (Å²) in [7, 11) is -4.16. The van der Waals surface area contributed by atoms with E-state index in [1.165, 1.54) is 6.92 Å². The zero-order valence-electron chi connectivity index (χ0n) is 13.5. The molecule has 0 saturated heterocycles. The van der Waals surface area contributed by atoms with Crippen LogP contribution in [-0.2, 0) is 35.2 Å². The number of carbonyl (C=O) groups is 1. The lowest BCUT2D eigenvalue weighted by Crippen LogP contribution is -2.59. The molecule has 1 aromatic rings. The highest BCUT2D eigenvalue weighted by Crippen LogP contribution is 2.26. The summed E-state index contributed by atoms with van der Waals surface area (Å²) in [5.41, 5.74) is 6.02. The Kier molecular flexibility index (Phi) is 7.14. The summed E-state index contributed by atoms with van der Waals surface area (Å²) in [6.45, 7) is 4.46. The SMILES string of the molecule is CCOC(OCC)(C(N)=O)C(C)S(=O)(=O)OCc1ccccc1. The molecule has 0 aliphatic carbocycles. The average molecular weight is 345 g/mol. The summed E-state index contributed by atoms with van der Waals surface area (Å²) >= 11 is 0. The standard InChI is InChI=1S/C15H23NO6S/c1-4-20-15(14(16)17,21-5-2)12(3)23(18,19)22-11-13-9-7-6-8-10-13/h6-10,12H,4-5,11H2,1-3H3,(H2,16,17). The van der Waals surface area contributed by atoms with Gasteiger partial charge >= 0.3 is 0 Å². The predicted molar refractivity (Wildman–Crippen MR) is 84.8 cm³/mol. The predicted octanol–water partition coefficient (Wildman–Crippen LogP) is 1.18. The Balaban J connectivity index is 3.00. The van der Waals surface area contributed by atoms with Crippen LogP contribution in [0.3, 0.4) is 0 Å². The van der Waals surface area contributed by atoms with Crippen molar-refractivity contribution in [3.63, 3.8) is 0 Å². The summed E-state index contributed by atoms with van der Waals surface area (Å²) in [5, 5.41) is -1.42. The number of benzene rings is 1. The van der Waals surface area contributed by atoms with Gasteiger partial charge in [-0.2, -0.15) is 8.42 Å². The van der Waals surface area contributed by atoms with Crippen molar-refractivity contribution in [2.45, 2.75) is 38.4 Å². The van der Waals surface area contributed by atoms with Crippen molar-refractivity contribution >= 4 is 16.0 Å². The van der Waals surface area contributed by atoms with Crippen molar-refractivity contribution in [1.82, 2.24) is 0 Å². The molecule has 0 aromatic heterocycles. The first-order valence-corrected chi connectivity index (χ1v) is 8.77. The minimum Gasteiger partial charge on any atom is -0.365 e. The van der Waals surface area contributed by atoms with Crippen molar-refractivity contribution < 1.29 is 26.9 Å². The molecule has 1 atom stereocenters. The van der Waals surface area contributed by atoms with Crippen molar-refractivity contribution in [3.8, 4) is 0 Å². The summed E-state index contributed by atoms with van der Waals surface area (Å²) in [4.78, 5) is 11.8. The number of rotatable bonds is 10. The minimum absolute atomic E-state index is 0.0570. The first-order valence-electron chi connectivity index (χ1n) is 7.30. The van der Waals surface area contributed by atoms with Crippen molar-refractivity contribution in [2.75, 3.05) is 13.2 Å². The second kappa shape index (κ2) is 8.39. The molecule has 1 unspecified atom stereocenters. The lowest BCUT2D eigenvalue weighted by molar-refractivity contribution is -0.224. The maximum absolute atomic E-state index is 12.4. The van der Waals surface area contributed by atoms with Gasteiger partial charge in [0.15, 0.2) is 0 Å². The molecule has 8 heteroatoms. The summed E-state index contributed by atoms with van der Waals surface area (Å²) in [5.74, 6) is -3.10. The fraction of sp³-hybridized carbons (Fsp3) is 0.533. The Morgan fingerprint density at radius 3 is 2.13 bits per heavy atom. The van der Waals surface area contributed by atoms with Gasteiger partial charge in [0.1, 0.15) is 5.25 Å². The van der Waals surface area contributed by atoms with Crippen LogP contribution in [0, 0.1) is 0 Å². The highest BCUT2D eigenvalue weighted by atomic mass is 32.2. The highest BCUT2D eigenvalue weighted by molar-refractivity contribution is 7.87. The fourth-order valence-corrected chi connectivity index (χ4v) is 3.20. The molecule has 0 aliphatic heterocycles. The van der Waals surface area contributed by atoms with Crippen LogP contribution in [-0.4, -0.2) is 38.6 Å². The second-order valence-corrected chi connectivity index (χ2v) is 6.71. The van der Waals surface area contributed by atoms with Crippen molar-refractivity contribution in [1.29, 1.82) is 0 Å². The van der Waals surface area contributed by atoms with Gasteiger partial charge in [-0.25, -0.2) is 0 Å². The van der Waals surface area contributed by atoms with Crippen LogP contribution in [0.2, 0.25) is 0 Å². The molecule has 0 fully saturated rings. The molecule has 0 bridgehead atoms. The van der Waals surface area contributed by atoms with E-state index in [0.717, 1.165) is 0 Å². The summed E-state index contributed by atoms with van der Waals surface area (Å²) < 4.78 is 40.4. The molecule has 23 heavy (non-hydrogen) atoms. The van der Waals surface area contributed by atoms with E-state index in [4.69, 9.17) is 19.4 Å². The molecule has 0 spiro atoms.